The molecule has 0 spiro atoms. The molecule has 1 atom stereocenters. The van der Waals surface area contributed by atoms with Crippen molar-refractivity contribution in [2.75, 3.05) is 20.8 Å². The predicted octanol–water partition coefficient (Wildman–Crippen LogP) is 4.05. The van der Waals surface area contributed by atoms with Crippen LogP contribution in [0.5, 0.6) is 11.5 Å². The maximum absolute atomic E-state index is 13.7. The highest BCUT2D eigenvalue weighted by Gasteiger charge is 2.36. The third kappa shape index (κ3) is 5.23. The van der Waals surface area contributed by atoms with E-state index in [4.69, 9.17) is 9.47 Å². The van der Waals surface area contributed by atoms with Gasteiger partial charge in [-0.05, 0) is 41.7 Å². The number of hydrogen-bond donors (Lipinski definition) is 0. The van der Waals surface area contributed by atoms with Crippen molar-refractivity contribution < 1.29 is 19.1 Å². The van der Waals surface area contributed by atoms with Crippen LogP contribution < -0.4 is 9.47 Å². The van der Waals surface area contributed by atoms with Gasteiger partial charge < -0.3 is 19.3 Å². The van der Waals surface area contributed by atoms with Crippen LogP contribution in [0, 0.1) is 5.92 Å². The number of fused-ring (bicyclic) bond motifs is 1. The Kier molecular flexibility index (Phi) is 7.78. The van der Waals surface area contributed by atoms with E-state index in [0.29, 0.717) is 44.0 Å². The first kappa shape index (κ1) is 23.6. The molecule has 1 aliphatic heterocycles. The van der Waals surface area contributed by atoms with Gasteiger partial charge >= 0.3 is 0 Å². The van der Waals surface area contributed by atoms with E-state index in [1.807, 2.05) is 62.1 Å². The highest BCUT2D eigenvalue weighted by Crippen LogP contribution is 2.29. The van der Waals surface area contributed by atoms with Gasteiger partial charge in [-0.25, -0.2) is 0 Å². The Bertz CT molecular complexity index is 957. The van der Waals surface area contributed by atoms with Crippen LogP contribution in [0.2, 0.25) is 0 Å². The lowest BCUT2D eigenvalue weighted by Crippen LogP contribution is -2.53. The van der Waals surface area contributed by atoms with E-state index in [9.17, 15) is 9.59 Å². The smallest absolute Gasteiger partial charge is 0.246 e. The topological polar surface area (TPSA) is 59.1 Å². The number of rotatable bonds is 8. The summed E-state index contributed by atoms with van der Waals surface area (Å²) in [6, 6.07) is 13.3. The molecule has 2 aromatic rings. The molecule has 0 aromatic heterocycles. The van der Waals surface area contributed by atoms with Crippen molar-refractivity contribution in [3.8, 4) is 11.5 Å². The summed E-state index contributed by atoms with van der Waals surface area (Å²) in [6.45, 7) is 7.50. The number of benzene rings is 2. The number of carbonyl (C=O) groups is 2. The molecule has 0 saturated carbocycles. The van der Waals surface area contributed by atoms with Gasteiger partial charge in [-0.3, -0.25) is 9.59 Å². The lowest BCUT2D eigenvalue weighted by atomic mass is 9.92. The summed E-state index contributed by atoms with van der Waals surface area (Å²) in [5.74, 6) is 1.54. The first-order valence-corrected chi connectivity index (χ1v) is 11.2. The first-order chi connectivity index (χ1) is 15.4. The molecule has 3 rings (SSSR count). The number of amides is 2. The zero-order chi connectivity index (χ0) is 23.3. The first-order valence-electron chi connectivity index (χ1n) is 11.2. The molecular weight excluding hydrogens is 404 g/mol. The maximum atomic E-state index is 13.7. The molecular formula is C26H34N2O4. The summed E-state index contributed by atoms with van der Waals surface area (Å²) >= 11 is 0. The molecule has 32 heavy (non-hydrogen) atoms. The maximum Gasteiger partial charge on any atom is 0.246 e. The van der Waals surface area contributed by atoms with Gasteiger partial charge in [0.05, 0.1) is 14.2 Å². The molecule has 1 unspecified atom stereocenters. The molecule has 0 aliphatic carbocycles. The third-order valence-corrected chi connectivity index (χ3v) is 5.95. The minimum Gasteiger partial charge on any atom is -0.493 e. The molecule has 0 saturated heterocycles. The molecule has 6 nitrogen and oxygen atoms in total. The molecule has 1 aliphatic rings. The number of hydrogen-bond acceptors (Lipinski definition) is 4. The highest BCUT2D eigenvalue weighted by molar-refractivity contribution is 5.88. The van der Waals surface area contributed by atoms with Gasteiger partial charge in [0.15, 0.2) is 11.5 Å². The summed E-state index contributed by atoms with van der Waals surface area (Å²) in [6.07, 6.45) is 0.981. The summed E-state index contributed by atoms with van der Waals surface area (Å²) < 4.78 is 10.7. The van der Waals surface area contributed by atoms with E-state index >= 15 is 0 Å². The Labute approximate surface area is 191 Å². The van der Waals surface area contributed by atoms with Crippen LogP contribution >= 0.6 is 0 Å². The van der Waals surface area contributed by atoms with Crippen LogP contribution in [0.1, 0.15) is 43.9 Å². The van der Waals surface area contributed by atoms with Crippen LogP contribution in [-0.4, -0.2) is 48.4 Å². The number of methoxy groups -OCH3 is 2. The van der Waals surface area contributed by atoms with Crippen LogP contribution in [0.25, 0.3) is 0 Å². The van der Waals surface area contributed by atoms with Gasteiger partial charge in [-0.2, -0.15) is 0 Å². The van der Waals surface area contributed by atoms with E-state index < -0.39 is 6.04 Å². The molecule has 172 valence electrons. The Hall–Kier alpha value is -3.02. The number of likely N-dealkylation sites (N-methyl/N-ethyl adjacent to an activating group) is 1. The standard InChI is InChI=1S/C26H34N2O4/c1-6-27(16-19-11-12-23(31-4)24(14-19)32-5)26(30)22-15-20-9-7-8-10-21(20)17-28(22)25(29)13-18(2)3/h7-12,14,18,22H,6,13,15-17H2,1-5H3. The monoisotopic (exact) mass is 438 g/mol. The Morgan fingerprint density at radius 3 is 2.38 bits per heavy atom. The molecule has 0 bridgehead atoms. The molecule has 2 aromatic carbocycles. The Balaban J connectivity index is 1.86. The van der Waals surface area contributed by atoms with Crippen molar-refractivity contribution in [2.24, 2.45) is 5.92 Å². The fourth-order valence-corrected chi connectivity index (χ4v) is 4.23. The summed E-state index contributed by atoms with van der Waals surface area (Å²) in [5, 5.41) is 0. The number of ether oxygens (including phenoxy) is 2. The minimum absolute atomic E-state index is 0.0195. The van der Waals surface area contributed by atoms with Crippen molar-refractivity contribution in [3.63, 3.8) is 0 Å². The molecule has 0 radical (unpaired) electrons. The van der Waals surface area contributed by atoms with Crippen molar-refractivity contribution in [1.29, 1.82) is 0 Å². The van der Waals surface area contributed by atoms with Crippen LogP contribution in [0.15, 0.2) is 42.5 Å². The van der Waals surface area contributed by atoms with Crippen LogP contribution in [0.4, 0.5) is 0 Å². The van der Waals surface area contributed by atoms with E-state index in [-0.39, 0.29) is 17.7 Å². The van der Waals surface area contributed by atoms with Crippen molar-refractivity contribution in [1.82, 2.24) is 9.80 Å². The highest BCUT2D eigenvalue weighted by atomic mass is 16.5. The zero-order valence-corrected chi connectivity index (χ0v) is 19.8. The van der Waals surface area contributed by atoms with Crippen molar-refractivity contribution in [2.45, 2.75) is 52.7 Å². The quantitative estimate of drug-likeness (QED) is 0.624. The van der Waals surface area contributed by atoms with Gasteiger partial charge in [0.1, 0.15) is 6.04 Å². The van der Waals surface area contributed by atoms with Crippen LogP contribution in [0.3, 0.4) is 0 Å². The Morgan fingerprint density at radius 1 is 1.06 bits per heavy atom. The average Bonchev–Trinajstić information content (AvgIpc) is 2.80. The lowest BCUT2D eigenvalue weighted by Gasteiger charge is -2.39. The summed E-state index contributed by atoms with van der Waals surface area (Å²) in [7, 11) is 3.20. The van der Waals surface area contributed by atoms with Crippen molar-refractivity contribution >= 4 is 11.8 Å². The summed E-state index contributed by atoms with van der Waals surface area (Å²) in [4.78, 5) is 30.4. The normalized spacial score (nSPS) is 15.3. The Morgan fingerprint density at radius 2 is 1.75 bits per heavy atom. The van der Waals surface area contributed by atoms with Gasteiger partial charge in [0.2, 0.25) is 11.8 Å². The molecule has 1 heterocycles. The number of carbonyl (C=O) groups excluding carboxylic acids is 2. The largest absolute Gasteiger partial charge is 0.493 e. The average molecular weight is 439 g/mol. The third-order valence-electron chi connectivity index (χ3n) is 5.95. The van der Waals surface area contributed by atoms with E-state index in [0.717, 1.165) is 16.7 Å². The van der Waals surface area contributed by atoms with Gasteiger partial charge in [-0.1, -0.05) is 44.2 Å². The zero-order valence-electron chi connectivity index (χ0n) is 19.8. The fraction of sp³-hybridized carbons (Fsp3) is 0.462. The number of nitrogens with zero attached hydrogens (tertiary/aromatic N) is 2. The van der Waals surface area contributed by atoms with E-state index in [1.165, 1.54) is 0 Å². The second-order valence-electron chi connectivity index (χ2n) is 8.65. The molecule has 0 N–H and O–H groups in total. The molecule has 6 heteroatoms. The van der Waals surface area contributed by atoms with Crippen LogP contribution in [-0.2, 0) is 29.1 Å². The fourth-order valence-electron chi connectivity index (χ4n) is 4.23. The van der Waals surface area contributed by atoms with Gasteiger partial charge in [-0.15, -0.1) is 0 Å². The minimum atomic E-state index is -0.490. The predicted molar refractivity (Wildman–Crippen MR) is 125 cm³/mol. The SMILES string of the molecule is CCN(Cc1ccc(OC)c(OC)c1)C(=O)C1Cc2ccccc2CN1C(=O)CC(C)C. The van der Waals surface area contributed by atoms with Gasteiger partial charge in [0.25, 0.3) is 0 Å². The molecule has 0 fully saturated rings. The second-order valence-corrected chi connectivity index (χ2v) is 8.65. The molecule has 2 amide bonds. The van der Waals surface area contributed by atoms with E-state index in [2.05, 4.69) is 6.07 Å². The summed E-state index contributed by atoms with van der Waals surface area (Å²) in [5.41, 5.74) is 3.22. The lowest BCUT2D eigenvalue weighted by molar-refractivity contribution is -0.147. The van der Waals surface area contributed by atoms with Gasteiger partial charge in [0, 0.05) is 32.5 Å². The second kappa shape index (κ2) is 10.5. The van der Waals surface area contributed by atoms with E-state index in [1.54, 1.807) is 19.1 Å². The van der Waals surface area contributed by atoms with Crippen molar-refractivity contribution in [3.05, 3.63) is 59.2 Å².